The van der Waals surface area contributed by atoms with Crippen molar-refractivity contribution in [2.75, 3.05) is 29.8 Å². The first-order valence-corrected chi connectivity index (χ1v) is 14.9. The highest BCUT2D eigenvalue weighted by Crippen LogP contribution is 2.36. The third-order valence-corrected chi connectivity index (χ3v) is 8.06. The number of sulfonamides is 1. The van der Waals surface area contributed by atoms with E-state index in [2.05, 4.69) is 25.6 Å². The molecule has 5 rings (SSSR count). The van der Waals surface area contributed by atoms with Crippen LogP contribution in [0.5, 0.6) is 11.6 Å². The minimum Gasteiger partial charge on any atom is -0.435 e. The van der Waals surface area contributed by atoms with Crippen LogP contribution >= 0.6 is 0 Å². The summed E-state index contributed by atoms with van der Waals surface area (Å²) in [5.74, 6) is -6.19. The molecular formula is C29H28F4N6O3S. The zero-order valence-corrected chi connectivity index (χ0v) is 23.8. The number of ether oxygens (including phenoxy) is 1. The first-order valence-electron chi connectivity index (χ1n) is 13.3. The highest BCUT2D eigenvalue weighted by Gasteiger charge is 2.32. The van der Waals surface area contributed by atoms with E-state index in [1.807, 2.05) is 6.92 Å². The fourth-order valence-corrected chi connectivity index (χ4v) is 5.95. The molecule has 14 heteroatoms. The predicted octanol–water partition coefficient (Wildman–Crippen LogP) is 5.44. The number of anilines is 2. The zero-order valence-electron chi connectivity index (χ0n) is 23.0. The summed E-state index contributed by atoms with van der Waals surface area (Å²) in [7, 11) is -4.28. The molecule has 1 fully saturated rings. The maximum absolute atomic E-state index is 15.1. The van der Waals surface area contributed by atoms with Crippen molar-refractivity contribution >= 4 is 21.7 Å². The second-order valence-electron chi connectivity index (χ2n) is 10.6. The van der Waals surface area contributed by atoms with Crippen LogP contribution in [-0.2, 0) is 15.8 Å². The van der Waals surface area contributed by atoms with E-state index in [4.69, 9.17) is 4.74 Å². The number of piperidine rings is 1. The van der Waals surface area contributed by atoms with Crippen LogP contribution < -0.4 is 20.1 Å². The van der Waals surface area contributed by atoms with Crippen LogP contribution in [0.15, 0.2) is 67.0 Å². The fraction of sp³-hybridized carbons (Fsp3) is 0.276. The predicted molar refractivity (Wildman–Crippen MR) is 153 cm³/mol. The number of halogens is 4. The van der Waals surface area contributed by atoms with Gasteiger partial charge in [0.1, 0.15) is 5.69 Å². The van der Waals surface area contributed by atoms with Crippen molar-refractivity contribution in [1.82, 2.24) is 20.3 Å². The van der Waals surface area contributed by atoms with Crippen molar-refractivity contribution < 1.29 is 30.7 Å². The third kappa shape index (κ3) is 7.20. The second kappa shape index (κ2) is 12.5. The highest BCUT2D eigenvalue weighted by atomic mass is 32.2. The Bertz CT molecular complexity index is 1710. The molecular weight excluding hydrogens is 588 g/mol. The van der Waals surface area contributed by atoms with Gasteiger partial charge in [-0.3, -0.25) is 9.11 Å². The van der Waals surface area contributed by atoms with Crippen LogP contribution in [0.25, 0.3) is 11.3 Å². The largest absolute Gasteiger partial charge is 0.435 e. The Kier molecular flexibility index (Phi) is 8.78. The van der Waals surface area contributed by atoms with Gasteiger partial charge in [0.25, 0.3) is 0 Å². The lowest BCUT2D eigenvalue weighted by molar-refractivity contribution is 0.168. The molecule has 2 aromatic carbocycles. The van der Waals surface area contributed by atoms with Crippen LogP contribution in [0, 0.1) is 22.9 Å². The maximum Gasteiger partial charge on any atom is 0.237 e. The number of nitrogens with zero attached hydrogens (tertiary/aromatic N) is 3. The van der Waals surface area contributed by atoms with E-state index in [9.17, 15) is 21.6 Å². The van der Waals surface area contributed by atoms with Crippen molar-refractivity contribution in [3.63, 3.8) is 0 Å². The number of pyridine rings is 1. The van der Waals surface area contributed by atoms with E-state index >= 15 is 4.39 Å². The van der Waals surface area contributed by atoms with E-state index in [0.29, 0.717) is 36.8 Å². The summed E-state index contributed by atoms with van der Waals surface area (Å²) in [5, 5.41) is 6.38. The molecule has 2 unspecified atom stereocenters. The second-order valence-corrected chi connectivity index (χ2v) is 12.3. The molecule has 3 heterocycles. The van der Waals surface area contributed by atoms with Gasteiger partial charge >= 0.3 is 0 Å². The lowest BCUT2D eigenvalue weighted by Gasteiger charge is -2.37. The topological polar surface area (TPSA) is 118 Å². The van der Waals surface area contributed by atoms with Crippen molar-refractivity contribution in [2.45, 2.75) is 25.1 Å². The molecule has 0 spiro atoms. The monoisotopic (exact) mass is 616 g/mol. The van der Waals surface area contributed by atoms with E-state index in [-0.39, 0.29) is 23.4 Å². The Morgan fingerprint density at radius 3 is 2.60 bits per heavy atom. The Morgan fingerprint density at radius 1 is 1.05 bits per heavy atom. The number of benzene rings is 2. The first kappa shape index (κ1) is 30.2. The molecule has 0 radical (unpaired) electrons. The number of hydrogen-bond acceptors (Lipinski definition) is 8. The van der Waals surface area contributed by atoms with Crippen LogP contribution in [0.3, 0.4) is 0 Å². The minimum atomic E-state index is -4.28. The average Bonchev–Trinajstić information content (AvgIpc) is 2.99. The number of alkyl halides is 1. The van der Waals surface area contributed by atoms with Crippen molar-refractivity contribution in [3.8, 4) is 22.9 Å². The summed E-state index contributed by atoms with van der Waals surface area (Å²) in [6, 6.07) is 13.0. The Morgan fingerprint density at radius 2 is 1.84 bits per heavy atom. The Hall–Kier alpha value is -4.30. The quantitative estimate of drug-likeness (QED) is 0.159. The number of aromatic nitrogens is 3. The molecule has 0 amide bonds. The molecule has 4 aromatic rings. The molecule has 43 heavy (non-hydrogen) atoms. The highest BCUT2D eigenvalue weighted by molar-refractivity contribution is 7.91. The zero-order chi connectivity index (χ0) is 30.6. The Labute approximate surface area is 245 Å². The summed E-state index contributed by atoms with van der Waals surface area (Å²) in [4.78, 5) is 12.8. The van der Waals surface area contributed by atoms with Gasteiger partial charge in [0.05, 0.1) is 23.7 Å². The lowest BCUT2D eigenvalue weighted by Crippen LogP contribution is -2.49. The molecule has 1 aliphatic heterocycles. The van der Waals surface area contributed by atoms with Crippen LogP contribution in [0.4, 0.5) is 29.2 Å². The summed E-state index contributed by atoms with van der Waals surface area (Å²) in [5.41, 5.74) is -0.755. The third-order valence-electron chi connectivity index (χ3n) is 6.83. The van der Waals surface area contributed by atoms with Crippen LogP contribution in [0.1, 0.15) is 18.9 Å². The summed E-state index contributed by atoms with van der Waals surface area (Å²) >= 11 is 0. The SMILES string of the molecule is CC1(CF)CNCC(Nc2nccc(-c3cccnc3Oc3cc(F)c(NS(=O)(=O)Cc4ccccc4)c(F)c3F)n2)C1. The summed E-state index contributed by atoms with van der Waals surface area (Å²) in [6.45, 7) is 2.51. The molecule has 2 atom stereocenters. The van der Waals surface area contributed by atoms with Gasteiger partial charge in [-0.2, -0.15) is 4.39 Å². The standard InChI is InChI=1S/C29H28F4N6O3S/c1-29(16-30)13-19(14-34-17-29)37-28-36-11-9-22(38-28)20-8-5-10-35-27(20)42-23-12-21(31)26(25(33)24(23)32)39-43(40,41)15-18-6-3-2-4-7-18/h2-12,19,34,39H,13-17H2,1H3,(H,36,37,38). The van der Waals surface area contributed by atoms with Gasteiger partial charge in [-0.05, 0) is 30.2 Å². The Balaban J connectivity index is 1.37. The smallest absolute Gasteiger partial charge is 0.237 e. The number of nitrogens with one attached hydrogen (secondary N) is 3. The number of rotatable bonds is 10. The van der Waals surface area contributed by atoms with Gasteiger partial charge in [0.2, 0.25) is 27.7 Å². The lowest BCUT2D eigenvalue weighted by atomic mass is 9.82. The molecule has 3 N–H and O–H groups in total. The average molecular weight is 617 g/mol. The molecule has 0 saturated carbocycles. The van der Waals surface area contributed by atoms with E-state index in [1.54, 1.807) is 41.1 Å². The van der Waals surface area contributed by atoms with E-state index in [0.717, 1.165) is 0 Å². The molecule has 0 aliphatic carbocycles. The number of hydrogen-bond donors (Lipinski definition) is 3. The molecule has 9 nitrogen and oxygen atoms in total. The molecule has 226 valence electrons. The van der Waals surface area contributed by atoms with E-state index < -0.39 is 56.8 Å². The van der Waals surface area contributed by atoms with Crippen molar-refractivity contribution in [3.05, 3.63) is 90.0 Å². The van der Waals surface area contributed by atoms with Gasteiger partial charge in [-0.25, -0.2) is 32.2 Å². The van der Waals surface area contributed by atoms with Gasteiger partial charge in [-0.1, -0.05) is 37.3 Å². The van der Waals surface area contributed by atoms with Crippen LogP contribution in [0.2, 0.25) is 0 Å². The molecule has 1 aliphatic rings. The molecule has 1 saturated heterocycles. The first-order chi connectivity index (χ1) is 20.6. The van der Waals surface area contributed by atoms with E-state index in [1.165, 1.54) is 24.5 Å². The summed E-state index contributed by atoms with van der Waals surface area (Å²) < 4.78 is 90.8. The fourth-order valence-electron chi connectivity index (χ4n) is 4.75. The minimum absolute atomic E-state index is 0.141. The van der Waals surface area contributed by atoms with Gasteiger partial charge in [-0.15, -0.1) is 0 Å². The molecule has 2 aromatic heterocycles. The van der Waals surface area contributed by atoms with Crippen LogP contribution in [-0.4, -0.2) is 49.2 Å². The normalized spacial score (nSPS) is 18.7. The maximum atomic E-state index is 15.1. The van der Waals surface area contributed by atoms with Gasteiger partial charge in [0, 0.05) is 43.0 Å². The molecule has 0 bridgehead atoms. The van der Waals surface area contributed by atoms with Gasteiger partial charge < -0.3 is 15.4 Å². The van der Waals surface area contributed by atoms with Crippen molar-refractivity contribution in [2.24, 2.45) is 5.41 Å². The summed E-state index contributed by atoms with van der Waals surface area (Å²) in [6.07, 6.45) is 3.36. The van der Waals surface area contributed by atoms with Crippen molar-refractivity contribution in [1.29, 1.82) is 0 Å². The van der Waals surface area contributed by atoms with Gasteiger partial charge in [0.15, 0.2) is 17.4 Å².